The highest BCUT2D eigenvalue weighted by molar-refractivity contribution is 5.95. The molecule has 4 N–H and O–H groups in total. The average molecular weight is 381 g/mol. The van der Waals surface area contributed by atoms with Gasteiger partial charge >= 0.3 is 12.0 Å². The lowest BCUT2D eigenvalue weighted by atomic mass is 9.84. The summed E-state index contributed by atoms with van der Waals surface area (Å²) in [6, 6.07) is 15.6. The molecule has 0 aromatic heterocycles. The summed E-state index contributed by atoms with van der Waals surface area (Å²) in [5, 5.41) is 11.7. The number of rotatable bonds is 7. The standard InChI is InChI=1S/C22H27N3O3/c1-22(2,14-23)17-8-6-16(7-9-17)19-13-24-21(28)25(19)18-10-3-15(4-11-18)5-12-20(26)27/h3-4,6-11,19H,5,12-14,23H2,1-2H3,(H,24,28)(H,26,27). The summed E-state index contributed by atoms with van der Waals surface area (Å²) in [7, 11) is 0. The van der Waals surface area contributed by atoms with Crippen LogP contribution in [0.5, 0.6) is 0 Å². The van der Waals surface area contributed by atoms with Crippen LogP contribution >= 0.6 is 0 Å². The number of amides is 2. The lowest BCUT2D eigenvalue weighted by Crippen LogP contribution is -2.30. The second-order valence-corrected chi connectivity index (χ2v) is 7.84. The van der Waals surface area contributed by atoms with Crippen LogP contribution in [0.1, 0.15) is 43.0 Å². The van der Waals surface area contributed by atoms with E-state index in [1.807, 2.05) is 24.3 Å². The largest absolute Gasteiger partial charge is 0.481 e. The van der Waals surface area contributed by atoms with Crippen LogP contribution in [0.25, 0.3) is 0 Å². The topological polar surface area (TPSA) is 95.7 Å². The van der Waals surface area contributed by atoms with E-state index in [2.05, 4.69) is 43.4 Å². The first-order valence-corrected chi connectivity index (χ1v) is 9.50. The first-order chi connectivity index (χ1) is 13.3. The number of benzene rings is 2. The second-order valence-electron chi connectivity index (χ2n) is 7.84. The minimum absolute atomic E-state index is 0.0895. The molecule has 0 saturated carbocycles. The minimum atomic E-state index is -0.815. The van der Waals surface area contributed by atoms with E-state index in [0.717, 1.165) is 16.8 Å². The van der Waals surface area contributed by atoms with Crippen molar-refractivity contribution < 1.29 is 14.7 Å². The van der Waals surface area contributed by atoms with Gasteiger partial charge in [0.1, 0.15) is 0 Å². The number of carboxylic acid groups (broad SMARTS) is 1. The van der Waals surface area contributed by atoms with Crippen LogP contribution in [0.3, 0.4) is 0 Å². The number of nitrogens with one attached hydrogen (secondary N) is 1. The molecule has 1 heterocycles. The Labute approximate surface area is 165 Å². The van der Waals surface area contributed by atoms with Crippen LogP contribution in [0.2, 0.25) is 0 Å². The van der Waals surface area contributed by atoms with Gasteiger partial charge in [0.25, 0.3) is 0 Å². The van der Waals surface area contributed by atoms with Gasteiger partial charge in [-0.3, -0.25) is 9.69 Å². The van der Waals surface area contributed by atoms with Crippen molar-refractivity contribution in [3.63, 3.8) is 0 Å². The molecular formula is C22H27N3O3. The van der Waals surface area contributed by atoms with Gasteiger partial charge in [0, 0.05) is 30.6 Å². The third kappa shape index (κ3) is 4.17. The maximum atomic E-state index is 12.5. The molecule has 6 nitrogen and oxygen atoms in total. The van der Waals surface area contributed by atoms with Gasteiger partial charge in [0.2, 0.25) is 0 Å². The Bertz CT molecular complexity index is 844. The molecule has 0 spiro atoms. The highest BCUT2D eigenvalue weighted by Crippen LogP contribution is 2.32. The smallest absolute Gasteiger partial charge is 0.322 e. The fourth-order valence-corrected chi connectivity index (χ4v) is 3.41. The normalized spacial score (nSPS) is 16.9. The Balaban J connectivity index is 1.80. The molecule has 0 bridgehead atoms. The fourth-order valence-electron chi connectivity index (χ4n) is 3.41. The predicted octanol–water partition coefficient (Wildman–Crippen LogP) is 3.21. The zero-order chi connectivity index (χ0) is 20.3. The lowest BCUT2D eigenvalue weighted by molar-refractivity contribution is -0.136. The Morgan fingerprint density at radius 3 is 2.39 bits per heavy atom. The minimum Gasteiger partial charge on any atom is -0.481 e. The summed E-state index contributed by atoms with van der Waals surface area (Å²) in [6.07, 6.45) is 0.571. The maximum absolute atomic E-state index is 12.5. The molecule has 1 saturated heterocycles. The van der Waals surface area contributed by atoms with Crippen molar-refractivity contribution in [3.8, 4) is 0 Å². The molecule has 2 amide bonds. The number of aliphatic carboxylic acids is 1. The molecule has 2 aromatic rings. The summed E-state index contributed by atoms with van der Waals surface area (Å²) in [4.78, 5) is 24.9. The van der Waals surface area contributed by atoms with Crippen molar-refractivity contribution in [1.29, 1.82) is 0 Å². The number of nitrogens with zero attached hydrogens (tertiary/aromatic N) is 1. The van der Waals surface area contributed by atoms with Crippen molar-refractivity contribution in [2.75, 3.05) is 18.0 Å². The maximum Gasteiger partial charge on any atom is 0.322 e. The number of hydrogen-bond acceptors (Lipinski definition) is 3. The summed E-state index contributed by atoms with van der Waals surface area (Å²) in [6.45, 7) is 5.33. The van der Waals surface area contributed by atoms with E-state index >= 15 is 0 Å². The molecule has 1 unspecified atom stereocenters. The van der Waals surface area contributed by atoms with Crippen LogP contribution in [0.4, 0.5) is 10.5 Å². The number of carbonyl (C=O) groups is 2. The lowest BCUT2D eigenvalue weighted by Gasteiger charge is -2.26. The summed E-state index contributed by atoms with van der Waals surface area (Å²) in [5.74, 6) is -0.815. The highest BCUT2D eigenvalue weighted by Gasteiger charge is 2.33. The molecule has 28 heavy (non-hydrogen) atoms. The molecule has 3 rings (SSSR count). The van der Waals surface area contributed by atoms with Gasteiger partial charge in [0.15, 0.2) is 0 Å². The second kappa shape index (κ2) is 8.02. The quantitative estimate of drug-likeness (QED) is 0.686. The first kappa shape index (κ1) is 19.9. The number of urea groups is 1. The Morgan fingerprint density at radius 1 is 1.18 bits per heavy atom. The zero-order valence-corrected chi connectivity index (χ0v) is 16.3. The molecule has 0 aliphatic carbocycles. The monoisotopic (exact) mass is 381 g/mol. The third-order valence-electron chi connectivity index (χ3n) is 5.41. The molecule has 1 atom stereocenters. The Kier molecular flexibility index (Phi) is 5.70. The third-order valence-corrected chi connectivity index (χ3v) is 5.41. The van der Waals surface area contributed by atoms with Crippen molar-refractivity contribution >= 4 is 17.7 Å². The van der Waals surface area contributed by atoms with E-state index in [-0.39, 0.29) is 23.9 Å². The predicted molar refractivity (Wildman–Crippen MR) is 110 cm³/mol. The van der Waals surface area contributed by atoms with Crippen LogP contribution in [0, 0.1) is 0 Å². The van der Waals surface area contributed by atoms with Crippen molar-refractivity contribution in [3.05, 3.63) is 65.2 Å². The molecule has 2 aromatic carbocycles. The molecule has 1 aliphatic rings. The van der Waals surface area contributed by atoms with Crippen molar-refractivity contribution in [2.24, 2.45) is 5.73 Å². The van der Waals surface area contributed by atoms with Gasteiger partial charge in [-0.15, -0.1) is 0 Å². The summed E-state index contributed by atoms with van der Waals surface area (Å²) in [5.41, 5.74) is 9.75. The van der Waals surface area contributed by atoms with Crippen LogP contribution in [-0.4, -0.2) is 30.2 Å². The van der Waals surface area contributed by atoms with E-state index in [0.29, 0.717) is 19.5 Å². The molecule has 6 heteroatoms. The van der Waals surface area contributed by atoms with Crippen molar-refractivity contribution in [1.82, 2.24) is 5.32 Å². The Hall–Kier alpha value is -2.86. The SMILES string of the molecule is CC(C)(CN)c1ccc(C2CNC(=O)N2c2ccc(CCC(=O)O)cc2)cc1. The van der Waals surface area contributed by atoms with E-state index < -0.39 is 5.97 Å². The number of carbonyl (C=O) groups excluding carboxylic acids is 1. The van der Waals surface area contributed by atoms with Gasteiger partial charge < -0.3 is 16.2 Å². The first-order valence-electron chi connectivity index (χ1n) is 9.50. The number of nitrogens with two attached hydrogens (primary N) is 1. The van der Waals surface area contributed by atoms with Crippen LogP contribution < -0.4 is 16.0 Å². The molecule has 0 radical (unpaired) electrons. The highest BCUT2D eigenvalue weighted by atomic mass is 16.4. The van der Waals surface area contributed by atoms with Crippen LogP contribution in [-0.2, 0) is 16.6 Å². The fraction of sp³-hybridized carbons (Fsp3) is 0.364. The van der Waals surface area contributed by atoms with Gasteiger partial charge in [-0.2, -0.15) is 0 Å². The van der Waals surface area contributed by atoms with Gasteiger partial charge in [-0.1, -0.05) is 50.2 Å². The van der Waals surface area contributed by atoms with E-state index in [9.17, 15) is 9.59 Å². The number of hydrogen-bond donors (Lipinski definition) is 3. The van der Waals surface area contributed by atoms with E-state index in [4.69, 9.17) is 10.8 Å². The van der Waals surface area contributed by atoms with E-state index in [1.165, 1.54) is 5.56 Å². The molecule has 1 aliphatic heterocycles. The molecule has 1 fully saturated rings. The van der Waals surface area contributed by atoms with Gasteiger partial charge in [-0.25, -0.2) is 4.79 Å². The number of carboxylic acids is 1. The molecule has 148 valence electrons. The Morgan fingerprint density at radius 2 is 1.82 bits per heavy atom. The number of aryl methyl sites for hydroxylation is 1. The number of anilines is 1. The summed E-state index contributed by atoms with van der Waals surface area (Å²) >= 11 is 0. The average Bonchev–Trinajstić information content (AvgIpc) is 3.08. The van der Waals surface area contributed by atoms with E-state index in [1.54, 1.807) is 4.90 Å². The van der Waals surface area contributed by atoms with Gasteiger partial charge in [-0.05, 0) is 35.2 Å². The summed E-state index contributed by atoms with van der Waals surface area (Å²) < 4.78 is 0. The van der Waals surface area contributed by atoms with Crippen LogP contribution in [0.15, 0.2) is 48.5 Å². The van der Waals surface area contributed by atoms with Gasteiger partial charge in [0.05, 0.1) is 6.04 Å². The zero-order valence-electron chi connectivity index (χ0n) is 16.3. The molecular weight excluding hydrogens is 354 g/mol. The van der Waals surface area contributed by atoms with Crippen molar-refractivity contribution in [2.45, 2.75) is 38.1 Å².